The molecule has 2 aromatic carbocycles. The van der Waals surface area contributed by atoms with Gasteiger partial charge in [-0.25, -0.2) is 0 Å². The summed E-state index contributed by atoms with van der Waals surface area (Å²) in [5.74, 6) is 0.695. The Morgan fingerprint density at radius 2 is 1.59 bits per heavy atom. The molecular weight excluding hydrogens is 336 g/mol. The van der Waals surface area contributed by atoms with Crippen molar-refractivity contribution in [2.75, 3.05) is 19.7 Å². The van der Waals surface area contributed by atoms with Crippen LogP contribution in [0.15, 0.2) is 60.7 Å². The van der Waals surface area contributed by atoms with E-state index in [2.05, 4.69) is 40.5 Å². The highest BCUT2D eigenvalue weighted by atomic mass is 16.3. The van der Waals surface area contributed by atoms with Crippen LogP contribution in [0.25, 0.3) is 0 Å². The number of likely N-dealkylation sites (tertiary alicyclic amines) is 1. The fraction of sp³-hybridized carbons (Fsp3) is 0.435. The standard InChI is InChI=1S/C23H30N2O2/c26-16-13-22(23(27)24-18-21-9-5-2-6-10-21)25-14-11-20(12-15-25)17-19-7-3-1-4-8-19/h1-10,20,22,26H,11-18H2,(H,24,27). The Hall–Kier alpha value is -2.17. The first-order chi connectivity index (χ1) is 13.3. The topological polar surface area (TPSA) is 52.6 Å². The van der Waals surface area contributed by atoms with Gasteiger partial charge >= 0.3 is 0 Å². The zero-order valence-electron chi connectivity index (χ0n) is 15.9. The molecule has 0 radical (unpaired) electrons. The number of amides is 1. The third-order valence-corrected chi connectivity index (χ3v) is 5.47. The minimum Gasteiger partial charge on any atom is -0.396 e. The number of nitrogens with zero attached hydrogens (tertiary/aromatic N) is 1. The lowest BCUT2D eigenvalue weighted by atomic mass is 9.89. The second-order valence-corrected chi connectivity index (χ2v) is 7.40. The molecule has 1 heterocycles. The lowest BCUT2D eigenvalue weighted by molar-refractivity contribution is -0.127. The Balaban J connectivity index is 1.50. The van der Waals surface area contributed by atoms with E-state index in [1.807, 2.05) is 30.3 Å². The van der Waals surface area contributed by atoms with E-state index in [4.69, 9.17) is 0 Å². The molecule has 1 atom stereocenters. The third kappa shape index (κ3) is 5.91. The fourth-order valence-electron chi connectivity index (χ4n) is 3.92. The summed E-state index contributed by atoms with van der Waals surface area (Å²) >= 11 is 0. The first-order valence-corrected chi connectivity index (χ1v) is 9.96. The molecule has 0 saturated carbocycles. The predicted molar refractivity (Wildman–Crippen MR) is 108 cm³/mol. The maximum Gasteiger partial charge on any atom is 0.237 e. The summed E-state index contributed by atoms with van der Waals surface area (Å²) in [7, 11) is 0. The number of carbonyl (C=O) groups is 1. The number of rotatable bonds is 8. The van der Waals surface area contributed by atoms with E-state index in [1.54, 1.807) is 0 Å². The van der Waals surface area contributed by atoms with Crippen LogP contribution in [0.5, 0.6) is 0 Å². The molecule has 3 rings (SSSR count). The monoisotopic (exact) mass is 366 g/mol. The van der Waals surface area contributed by atoms with Gasteiger partial charge < -0.3 is 10.4 Å². The van der Waals surface area contributed by atoms with E-state index in [-0.39, 0.29) is 18.6 Å². The summed E-state index contributed by atoms with van der Waals surface area (Å²) in [6, 6.07) is 20.3. The summed E-state index contributed by atoms with van der Waals surface area (Å²) < 4.78 is 0. The van der Waals surface area contributed by atoms with Gasteiger partial charge in [0.1, 0.15) is 0 Å². The highest BCUT2D eigenvalue weighted by Crippen LogP contribution is 2.23. The molecule has 27 heavy (non-hydrogen) atoms. The summed E-state index contributed by atoms with van der Waals surface area (Å²) in [6.45, 7) is 2.40. The van der Waals surface area contributed by atoms with Crippen LogP contribution in [0.3, 0.4) is 0 Å². The van der Waals surface area contributed by atoms with Crippen LogP contribution in [0.4, 0.5) is 0 Å². The van der Waals surface area contributed by atoms with Gasteiger partial charge in [0.15, 0.2) is 0 Å². The maximum atomic E-state index is 12.7. The Kier molecular flexibility index (Phi) is 7.43. The second-order valence-electron chi connectivity index (χ2n) is 7.40. The minimum absolute atomic E-state index is 0.0226. The molecule has 0 aliphatic carbocycles. The van der Waals surface area contributed by atoms with Gasteiger partial charge in [0.2, 0.25) is 5.91 Å². The zero-order valence-corrected chi connectivity index (χ0v) is 15.9. The Labute approximate surface area is 162 Å². The van der Waals surface area contributed by atoms with Gasteiger partial charge in [-0.3, -0.25) is 9.69 Å². The number of hydrogen-bond acceptors (Lipinski definition) is 3. The van der Waals surface area contributed by atoms with Gasteiger partial charge in [0.25, 0.3) is 0 Å². The van der Waals surface area contributed by atoms with Crippen LogP contribution >= 0.6 is 0 Å². The molecule has 0 aromatic heterocycles. The normalized spacial score (nSPS) is 16.8. The van der Waals surface area contributed by atoms with Crippen LogP contribution in [-0.4, -0.2) is 41.7 Å². The third-order valence-electron chi connectivity index (χ3n) is 5.47. The van der Waals surface area contributed by atoms with Gasteiger partial charge in [-0.1, -0.05) is 60.7 Å². The lowest BCUT2D eigenvalue weighted by Crippen LogP contribution is -2.50. The van der Waals surface area contributed by atoms with Crippen molar-refractivity contribution in [1.29, 1.82) is 0 Å². The van der Waals surface area contributed by atoms with E-state index in [9.17, 15) is 9.90 Å². The first kappa shape index (κ1) is 19.6. The van der Waals surface area contributed by atoms with Gasteiger partial charge in [-0.15, -0.1) is 0 Å². The molecule has 0 spiro atoms. The van der Waals surface area contributed by atoms with E-state index >= 15 is 0 Å². The van der Waals surface area contributed by atoms with Crippen molar-refractivity contribution in [2.24, 2.45) is 5.92 Å². The van der Waals surface area contributed by atoms with Gasteiger partial charge in [-0.05, 0) is 55.8 Å². The molecule has 2 aromatic rings. The molecule has 2 N–H and O–H groups in total. The number of benzene rings is 2. The molecular formula is C23H30N2O2. The average Bonchev–Trinajstić information content (AvgIpc) is 2.72. The van der Waals surface area contributed by atoms with Gasteiger partial charge in [0.05, 0.1) is 6.04 Å². The van der Waals surface area contributed by atoms with E-state index < -0.39 is 0 Å². The molecule has 1 aliphatic heterocycles. The summed E-state index contributed by atoms with van der Waals surface area (Å²) in [4.78, 5) is 15.0. The summed E-state index contributed by atoms with van der Waals surface area (Å²) in [6.07, 6.45) is 3.80. The fourth-order valence-corrected chi connectivity index (χ4v) is 3.92. The molecule has 1 unspecified atom stereocenters. The number of nitrogens with one attached hydrogen (secondary N) is 1. The highest BCUT2D eigenvalue weighted by Gasteiger charge is 2.29. The van der Waals surface area contributed by atoms with Crippen LogP contribution in [0.2, 0.25) is 0 Å². The van der Waals surface area contributed by atoms with Crippen LogP contribution in [0.1, 0.15) is 30.4 Å². The molecule has 144 valence electrons. The van der Waals surface area contributed by atoms with Crippen molar-refractivity contribution in [3.05, 3.63) is 71.8 Å². The lowest BCUT2D eigenvalue weighted by Gasteiger charge is -2.36. The summed E-state index contributed by atoms with van der Waals surface area (Å²) in [5.41, 5.74) is 2.48. The highest BCUT2D eigenvalue weighted by molar-refractivity contribution is 5.81. The van der Waals surface area contributed by atoms with Crippen molar-refractivity contribution >= 4 is 5.91 Å². The second kappa shape index (κ2) is 10.2. The smallest absolute Gasteiger partial charge is 0.237 e. The Morgan fingerprint density at radius 1 is 1.00 bits per heavy atom. The summed E-state index contributed by atoms with van der Waals surface area (Å²) in [5, 5.41) is 12.5. The quantitative estimate of drug-likeness (QED) is 0.755. The van der Waals surface area contributed by atoms with Crippen molar-refractivity contribution in [1.82, 2.24) is 10.2 Å². The zero-order chi connectivity index (χ0) is 18.9. The van der Waals surface area contributed by atoms with Crippen molar-refractivity contribution in [3.8, 4) is 0 Å². The Morgan fingerprint density at radius 3 is 2.19 bits per heavy atom. The van der Waals surface area contributed by atoms with Crippen molar-refractivity contribution < 1.29 is 9.90 Å². The van der Waals surface area contributed by atoms with Gasteiger partial charge in [-0.2, -0.15) is 0 Å². The Bertz CT molecular complexity index is 682. The minimum atomic E-state index is -0.239. The number of aliphatic hydroxyl groups is 1. The molecule has 1 amide bonds. The number of hydrogen-bond donors (Lipinski definition) is 2. The molecule has 4 nitrogen and oxygen atoms in total. The number of aliphatic hydroxyl groups excluding tert-OH is 1. The van der Waals surface area contributed by atoms with Crippen LogP contribution in [0, 0.1) is 5.92 Å². The molecule has 1 saturated heterocycles. The SMILES string of the molecule is O=C(NCc1ccccc1)C(CCO)N1CCC(Cc2ccccc2)CC1. The number of piperidine rings is 1. The average molecular weight is 367 g/mol. The van der Waals surface area contributed by atoms with Crippen molar-refractivity contribution in [2.45, 2.75) is 38.3 Å². The predicted octanol–water partition coefficient (Wildman–Crippen LogP) is 3.01. The van der Waals surface area contributed by atoms with Crippen LogP contribution < -0.4 is 5.32 Å². The van der Waals surface area contributed by atoms with Crippen molar-refractivity contribution in [3.63, 3.8) is 0 Å². The van der Waals surface area contributed by atoms with Gasteiger partial charge in [0, 0.05) is 13.2 Å². The number of carbonyl (C=O) groups excluding carboxylic acids is 1. The maximum absolute atomic E-state index is 12.7. The molecule has 0 bridgehead atoms. The largest absolute Gasteiger partial charge is 0.396 e. The molecule has 1 aliphatic rings. The van der Waals surface area contributed by atoms with E-state index in [1.165, 1.54) is 5.56 Å². The molecule has 4 heteroatoms. The van der Waals surface area contributed by atoms with Crippen LogP contribution in [-0.2, 0) is 17.8 Å². The first-order valence-electron chi connectivity index (χ1n) is 9.96. The molecule has 1 fully saturated rings. The van der Waals surface area contributed by atoms with E-state index in [0.29, 0.717) is 18.9 Å². The van der Waals surface area contributed by atoms with E-state index in [0.717, 1.165) is 37.9 Å².